The lowest BCUT2D eigenvalue weighted by atomic mass is 10.0. The molecule has 1 atom stereocenters. The molecule has 5 heteroatoms. The van der Waals surface area contributed by atoms with Gasteiger partial charge >= 0.3 is 0 Å². The summed E-state index contributed by atoms with van der Waals surface area (Å²) >= 11 is 1.61. The lowest BCUT2D eigenvalue weighted by molar-refractivity contribution is 0.408. The number of nitrogens with one attached hydrogen (secondary N) is 1. The summed E-state index contributed by atoms with van der Waals surface area (Å²) in [5.74, 6) is 6.62. The van der Waals surface area contributed by atoms with Crippen molar-refractivity contribution < 1.29 is 4.74 Å². The highest BCUT2D eigenvalue weighted by atomic mass is 32.1. The molecule has 3 aromatic rings. The number of methoxy groups -OCH3 is 1. The van der Waals surface area contributed by atoms with Crippen molar-refractivity contribution in [3.05, 3.63) is 58.5 Å². The van der Waals surface area contributed by atoms with Gasteiger partial charge in [-0.15, -0.1) is 11.3 Å². The van der Waals surface area contributed by atoms with Gasteiger partial charge in [0.25, 0.3) is 0 Å². The molecule has 2 aromatic heterocycles. The molecule has 3 N–H and O–H groups in total. The van der Waals surface area contributed by atoms with Crippen LogP contribution in [0.4, 0.5) is 0 Å². The minimum absolute atomic E-state index is 0.136. The molecule has 102 valence electrons. The highest BCUT2D eigenvalue weighted by Gasteiger charge is 2.20. The molecule has 0 fully saturated rings. The first-order chi connectivity index (χ1) is 9.85. The lowest BCUT2D eigenvalue weighted by Crippen LogP contribution is -2.28. The first-order valence-corrected chi connectivity index (χ1v) is 7.13. The molecule has 0 saturated carbocycles. The monoisotopic (exact) mass is 285 g/mol. The molecular weight excluding hydrogens is 270 g/mol. The van der Waals surface area contributed by atoms with Crippen LogP contribution in [0.3, 0.4) is 0 Å². The molecule has 0 aliphatic heterocycles. The van der Waals surface area contributed by atoms with E-state index in [0.717, 1.165) is 27.0 Å². The van der Waals surface area contributed by atoms with Crippen molar-refractivity contribution in [3.63, 3.8) is 0 Å². The van der Waals surface area contributed by atoms with Crippen LogP contribution >= 0.6 is 11.3 Å². The zero-order chi connectivity index (χ0) is 13.9. The summed E-state index contributed by atoms with van der Waals surface area (Å²) in [5.41, 5.74) is 3.93. The van der Waals surface area contributed by atoms with Crippen LogP contribution in [0.25, 0.3) is 10.8 Å². The van der Waals surface area contributed by atoms with Gasteiger partial charge in [0.2, 0.25) is 0 Å². The Morgan fingerprint density at radius 1 is 1.25 bits per heavy atom. The summed E-state index contributed by atoms with van der Waals surface area (Å²) in [6.45, 7) is 0. The highest BCUT2D eigenvalue weighted by molar-refractivity contribution is 7.10. The number of fused-ring (bicyclic) bond motifs is 1. The topological polar surface area (TPSA) is 60.2 Å². The summed E-state index contributed by atoms with van der Waals surface area (Å²) in [5, 5.41) is 4.23. The van der Waals surface area contributed by atoms with Gasteiger partial charge in [-0.3, -0.25) is 10.8 Å². The quantitative estimate of drug-likeness (QED) is 0.571. The first kappa shape index (κ1) is 13.1. The van der Waals surface area contributed by atoms with Crippen molar-refractivity contribution in [2.24, 2.45) is 5.84 Å². The van der Waals surface area contributed by atoms with Gasteiger partial charge < -0.3 is 4.74 Å². The van der Waals surface area contributed by atoms with Gasteiger partial charge in [0.05, 0.1) is 18.0 Å². The first-order valence-electron chi connectivity index (χ1n) is 6.25. The Morgan fingerprint density at radius 2 is 2.10 bits per heavy atom. The van der Waals surface area contributed by atoms with Gasteiger partial charge in [-0.1, -0.05) is 24.3 Å². The Balaban J connectivity index is 2.17. The van der Waals surface area contributed by atoms with Crippen molar-refractivity contribution >= 4 is 22.1 Å². The minimum Gasteiger partial charge on any atom is -0.496 e. The summed E-state index contributed by atoms with van der Waals surface area (Å²) in [4.78, 5) is 5.36. The van der Waals surface area contributed by atoms with E-state index in [4.69, 9.17) is 10.6 Å². The molecule has 3 rings (SSSR count). The average Bonchev–Trinajstić information content (AvgIpc) is 2.97. The Labute approximate surface area is 121 Å². The molecule has 2 heterocycles. The van der Waals surface area contributed by atoms with Crippen molar-refractivity contribution in [2.75, 3.05) is 7.11 Å². The summed E-state index contributed by atoms with van der Waals surface area (Å²) in [6, 6.07) is 9.96. The molecule has 1 aromatic carbocycles. The van der Waals surface area contributed by atoms with E-state index in [1.54, 1.807) is 18.4 Å². The molecule has 0 aliphatic carbocycles. The van der Waals surface area contributed by atoms with Crippen LogP contribution in [0.2, 0.25) is 0 Å². The molecule has 20 heavy (non-hydrogen) atoms. The van der Waals surface area contributed by atoms with E-state index >= 15 is 0 Å². The molecule has 0 amide bonds. The number of benzene rings is 1. The number of thiophene rings is 1. The van der Waals surface area contributed by atoms with E-state index < -0.39 is 0 Å². The predicted octanol–water partition coefficient (Wildman–Crippen LogP) is 2.86. The maximum absolute atomic E-state index is 5.78. The molecule has 1 unspecified atom stereocenters. The second-order valence-corrected chi connectivity index (χ2v) is 5.35. The van der Waals surface area contributed by atoms with E-state index in [-0.39, 0.29) is 6.04 Å². The SMILES string of the molecule is COc1ccsc1C(NN)c1cncc2ccccc12. The fraction of sp³-hybridized carbons (Fsp3) is 0.133. The molecule has 0 aliphatic rings. The highest BCUT2D eigenvalue weighted by Crippen LogP contribution is 2.36. The summed E-state index contributed by atoms with van der Waals surface area (Å²) < 4.78 is 5.40. The Morgan fingerprint density at radius 3 is 2.90 bits per heavy atom. The van der Waals surface area contributed by atoms with Crippen LogP contribution in [-0.4, -0.2) is 12.1 Å². The minimum atomic E-state index is -0.136. The van der Waals surface area contributed by atoms with E-state index in [0.29, 0.717) is 0 Å². The van der Waals surface area contributed by atoms with Gasteiger partial charge in [-0.25, -0.2) is 5.43 Å². The molecule has 0 bridgehead atoms. The Kier molecular flexibility index (Phi) is 3.64. The van der Waals surface area contributed by atoms with Crippen molar-refractivity contribution in [2.45, 2.75) is 6.04 Å². The van der Waals surface area contributed by atoms with E-state index in [9.17, 15) is 0 Å². The number of nitrogens with zero attached hydrogens (tertiary/aromatic N) is 1. The molecular formula is C15H15N3OS. The lowest BCUT2D eigenvalue weighted by Gasteiger charge is -2.18. The van der Waals surface area contributed by atoms with Gasteiger partial charge in [0, 0.05) is 23.3 Å². The van der Waals surface area contributed by atoms with Crippen molar-refractivity contribution in [1.82, 2.24) is 10.4 Å². The predicted molar refractivity (Wildman–Crippen MR) is 81.8 cm³/mol. The van der Waals surface area contributed by atoms with Crippen molar-refractivity contribution in [3.8, 4) is 5.75 Å². The van der Waals surface area contributed by atoms with Gasteiger partial charge in [0.1, 0.15) is 5.75 Å². The summed E-state index contributed by atoms with van der Waals surface area (Å²) in [7, 11) is 1.67. The maximum Gasteiger partial charge on any atom is 0.134 e. The number of ether oxygens (including phenoxy) is 1. The Bertz CT molecular complexity index is 720. The summed E-state index contributed by atoms with van der Waals surface area (Å²) in [6.07, 6.45) is 3.71. The van der Waals surface area contributed by atoms with Crippen molar-refractivity contribution in [1.29, 1.82) is 0 Å². The normalized spacial score (nSPS) is 12.5. The van der Waals surface area contributed by atoms with Crippen LogP contribution in [0, 0.1) is 0 Å². The second-order valence-electron chi connectivity index (χ2n) is 4.40. The van der Waals surface area contributed by atoms with Crippen LogP contribution in [-0.2, 0) is 0 Å². The molecule has 0 radical (unpaired) electrons. The fourth-order valence-electron chi connectivity index (χ4n) is 2.36. The third-order valence-corrected chi connectivity index (χ3v) is 4.28. The number of rotatable bonds is 4. The van der Waals surface area contributed by atoms with E-state index in [1.807, 2.05) is 42.0 Å². The zero-order valence-corrected chi connectivity index (χ0v) is 11.9. The standard InChI is InChI=1S/C15H15N3OS/c1-19-13-6-7-20-15(13)14(18-16)12-9-17-8-10-4-2-3-5-11(10)12/h2-9,14,18H,16H2,1H3. The van der Waals surface area contributed by atoms with Gasteiger partial charge in [-0.2, -0.15) is 0 Å². The third-order valence-electron chi connectivity index (χ3n) is 3.32. The molecule has 0 spiro atoms. The molecule has 0 saturated heterocycles. The third kappa shape index (κ3) is 2.16. The van der Waals surface area contributed by atoms with Crippen LogP contribution < -0.4 is 16.0 Å². The van der Waals surface area contributed by atoms with Crippen LogP contribution in [0.1, 0.15) is 16.5 Å². The van der Waals surface area contributed by atoms with Crippen LogP contribution in [0.15, 0.2) is 48.1 Å². The maximum atomic E-state index is 5.78. The van der Waals surface area contributed by atoms with E-state index in [1.165, 1.54) is 0 Å². The number of pyridine rings is 1. The number of hydrogen-bond acceptors (Lipinski definition) is 5. The zero-order valence-electron chi connectivity index (χ0n) is 11.0. The van der Waals surface area contributed by atoms with Crippen LogP contribution in [0.5, 0.6) is 5.75 Å². The second kappa shape index (κ2) is 5.58. The average molecular weight is 285 g/mol. The van der Waals surface area contributed by atoms with Gasteiger partial charge in [0.15, 0.2) is 0 Å². The molecule has 4 nitrogen and oxygen atoms in total. The number of aromatic nitrogens is 1. The fourth-order valence-corrected chi connectivity index (χ4v) is 3.30. The number of hydrazine groups is 1. The number of hydrogen-bond donors (Lipinski definition) is 2. The smallest absolute Gasteiger partial charge is 0.134 e. The van der Waals surface area contributed by atoms with Gasteiger partial charge in [-0.05, 0) is 16.8 Å². The largest absolute Gasteiger partial charge is 0.496 e. The Hall–Kier alpha value is -1.95. The van der Waals surface area contributed by atoms with E-state index in [2.05, 4.69) is 16.5 Å². The number of nitrogens with two attached hydrogens (primary N) is 1.